The van der Waals surface area contributed by atoms with E-state index in [4.69, 9.17) is 10.5 Å². The highest BCUT2D eigenvalue weighted by Crippen LogP contribution is 2.17. The van der Waals surface area contributed by atoms with Gasteiger partial charge in [0.2, 0.25) is 0 Å². The minimum absolute atomic E-state index is 0.133. The summed E-state index contributed by atoms with van der Waals surface area (Å²) >= 11 is 0. The first-order valence-electron chi connectivity index (χ1n) is 5.39. The van der Waals surface area contributed by atoms with Gasteiger partial charge in [-0.3, -0.25) is 0 Å². The molecule has 0 spiro atoms. The van der Waals surface area contributed by atoms with Crippen LogP contribution < -0.4 is 11.1 Å². The molecule has 16 heavy (non-hydrogen) atoms. The summed E-state index contributed by atoms with van der Waals surface area (Å²) in [5, 5.41) is 11.4. The molecule has 0 aliphatic heterocycles. The van der Waals surface area contributed by atoms with E-state index in [9.17, 15) is 0 Å². The second-order valence-corrected chi connectivity index (χ2v) is 3.87. The van der Waals surface area contributed by atoms with Gasteiger partial charge in [-0.15, -0.1) is 5.10 Å². The zero-order valence-corrected chi connectivity index (χ0v) is 10.4. The van der Waals surface area contributed by atoms with Gasteiger partial charge in [-0.05, 0) is 26.3 Å². The summed E-state index contributed by atoms with van der Waals surface area (Å²) in [5.74, 6) is 0.759. The molecule has 0 amide bonds. The lowest BCUT2D eigenvalue weighted by molar-refractivity contribution is 0.128. The second kappa shape index (κ2) is 5.77. The summed E-state index contributed by atoms with van der Waals surface area (Å²) < 4.78 is 5.16. The van der Waals surface area contributed by atoms with Crippen LogP contribution in [0.2, 0.25) is 0 Å². The van der Waals surface area contributed by atoms with E-state index >= 15 is 0 Å². The predicted octanol–water partition coefficient (Wildman–Crippen LogP) is 0.999. The van der Waals surface area contributed by atoms with Gasteiger partial charge in [-0.1, -0.05) is 0 Å². The summed E-state index contributed by atoms with van der Waals surface area (Å²) in [7, 11) is 1.68. The van der Waals surface area contributed by atoms with Crippen molar-refractivity contribution in [2.75, 3.05) is 19.0 Å². The Hall–Kier alpha value is -1.20. The van der Waals surface area contributed by atoms with E-state index in [-0.39, 0.29) is 6.10 Å². The first-order valence-corrected chi connectivity index (χ1v) is 5.39. The van der Waals surface area contributed by atoms with E-state index in [2.05, 4.69) is 15.5 Å². The number of hydrogen-bond acceptors (Lipinski definition) is 5. The van der Waals surface area contributed by atoms with Crippen LogP contribution in [0, 0.1) is 13.8 Å². The molecule has 3 N–H and O–H groups in total. The molecule has 5 heteroatoms. The van der Waals surface area contributed by atoms with E-state index < -0.39 is 0 Å². The lowest BCUT2D eigenvalue weighted by Gasteiger charge is -2.15. The molecule has 0 aliphatic rings. The predicted molar refractivity (Wildman–Crippen MR) is 64.4 cm³/mol. The van der Waals surface area contributed by atoms with Crippen LogP contribution in [0.4, 0.5) is 5.82 Å². The van der Waals surface area contributed by atoms with Crippen molar-refractivity contribution >= 4 is 5.82 Å². The third-order valence-corrected chi connectivity index (χ3v) is 2.74. The van der Waals surface area contributed by atoms with Crippen molar-refractivity contribution in [2.24, 2.45) is 5.73 Å². The molecule has 5 nitrogen and oxygen atoms in total. The van der Waals surface area contributed by atoms with E-state index in [1.807, 2.05) is 20.8 Å². The maximum Gasteiger partial charge on any atom is 0.153 e. The molecule has 0 aliphatic carbocycles. The van der Waals surface area contributed by atoms with Crippen molar-refractivity contribution in [3.8, 4) is 0 Å². The number of hydrogen-bond donors (Lipinski definition) is 2. The summed E-state index contributed by atoms with van der Waals surface area (Å²) in [6.45, 7) is 7.09. The smallest absolute Gasteiger partial charge is 0.153 e. The van der Waals surface area contributed by atoms with Crippen LogP contribution in [0.25, 0.3) is 0 Å². The quantitative estimate of drug-likeness (QED) is 0.780. The molecule has 0 fully saturated rings. The van der Waals surface area contributed by atoms with Crippen LogP contribution in [0.3, 0.4) is 0 Å². The fourth-order valence-electron chi connectivity index (χ4n) is 1.37. The molecule has 1 unspecified atom stereocenters. The Kier molecular flexibility index (Phi) is 4.64. The van der Waals surface area contributed by atoms with Crippen molar-refractivity contribution in [3.05, 3.63) is 16.8 Å². The molecule has 1 heterocycles. The maximum absolute atomic E-state index is 5.72. The molecule has 0 saturated carbocycles. The molecule has 0 bridgehead atoms. The van der Waals surface area contributed by atoms with Crippen molar-refractivity contribution < 1.29 is 4.74 Å². The van der Waals surface area contributed by atoms with E-state index in [0.29, 0.717) is 13.1 Å². The SMILES string of the molecule is COC(C)CNc1nnc(C)c(C)c1CN. The Labute approximate surface area is 96.4 Å². The topological polar surface area (TPSA) is 73.1 Å². The number of aromatic nitrogens is 2. The highest BCUT2D eigenvalue weighted by molar-refractivity contribution is 5.48. The van der Waals surface area contributed by atoms with Crippen LogP contribution in [0.15, 0.2) is 0 Å². The lowest BCUT2D eigenvalue weighted by atomic mass is 10.1. The number of ether oxygens (including phenoxy) is 1. The highest BCUT2D eigenvalue weighted by Gasteiger charge is 2.10. The van der Waals surface area contributed by atoms with Gasteiger partial charge in [0, 0.05) is 25.8 Å². The average molecular weight is 224 g/mol. The third-order valence-electron chi connectivity index (χ3n) is 2.74. The van der Waals surface area contributed by atoms with E-state index in [0.717, 1.165) is 22.6 Å². The van der Waals surface area contributed by atoms with Crippen LogP contribution in [0.5, 0.6) is 0 Å². The largest absolute Gasteiger partial charge is 0.380 e. The number of anilines is 1. The molecule has 90 valence electrons. The molecule has 1 rings (SSSR count). The molecular formula is C11H20N4O. The minimum Gasteiger partial charge on any atom is -0.380 e. The highest BCUT2D eigenvalue weighted by atomic mass is 16.5. The summed E-state index contributed by atoms with van der Waals surface area (Å²) in [6.07, 6.45) is 0.133. The van der Waals surface area contributed by atoms with Gasteiger partial charge in [-0.25, -0.2) is 0 Å². The van der Waals surface area contributed by atoms with Crippen LogP contribution >= 0.6 is 0 Å². The summed E-state index contributed by atoms with van der Waals surface area (Å²) in [6, 6.07) is 0. The Balaban J connectivity index is 2.84. The normalized spacial score (nSPS) is 12.6. The zero-order chi connectivity index (χ0) is 12.1. The number of rotatable bonds is 5. The number of nitrogens with two attached hydrogens (primary N) is 1. The number of nitrogens with one attached hydrogen (secondary N) is 1. The number of nitrogens with zero attached hydrogens (tertiary/aromatic N) is 2. The second-order valence-electron chi connectivity index (χ2n) is 3.87. The van der Waals surface area contributed by atoms with Crippen LogP contribution in [0.1, 0.15) is 23.7 Å². The fraction of sp³-hybridized carbons (Fsp3) is 0.636. The first kappa shape index (κ1) is 12.9. The fourth-order valence-corrected chi connectivity index (χ4v) is 1.37. The van der Waals surface area contributed by atoms with Crippen molar-refractivity contribution in [2.45, 2.75) is 33.4 Å². The van der Waals surface area contributed by atoms with Crippen molar-refractivity contribution in [3.63, 3.8) is 0 Å². The molecule has 0 aromatic carbocycles. The van der Waals surface area contributed by atoms with Gasteiger partial charge in [-0.2, -0.15) is 5.10 Å². The third kappa shape index (κ3) is 2.90. The molecule has 0 saturated heterocycles. The molecule has 0 radical (unpaired) electrons. The summed E-state index contributed by atoms with van der Waals surface area (Å²) in [4.78, 5) is 0. The van der Waals surface area contributed by atoms with Crippen molar-refractivity contribution in [1.29, 1.82) is 0 Å². The van der Waals surface area contributed by atoms with E-state index in [1.165, 1.54) is 0 Å². The standard InChI is InChI=1S/C11H20N4O/c1-7(16-4)6-13-11-10(5-12)8(2)9(3)14-15-11/h7H,5-6,12H2,1-4H3,(H,13,15). The molecule has 1 atom stereocenters. The number of aryl methyl sites for hydroxylation is 1. The van der Waals surface area contributed by atoms with Gasteiger partial charge >= 0.3 is 0 Å². The van der Waals surface area contributed by atoms with Gasteiger partial charge in [0.15, 0.2) is 5.82 Å². The Morgan fingerprint density at radius 2 is 2.06 bits per heavy atom. The van der Waals surface area contributed by atoms with Crippen LogP contribution in [-0.2, 0) is 11.3 Å². The molecular weight excluding hydrogens is 204 g/mol. The zero-order valence-electron chi connectivity index (χ0n) is 10.4. The van der Waals surface area contributed by atoms with Crippen LogP contribution in [-0.4, -0.2) is 30.0 Å². The average Bonchev–Trinajstić information content (AvgIpc) is 2.30. The Bertz CT molecular complexity index is 354. The monoisotopic (exact) mass is 224 g/mol. The molecule has 1 aromatic heterocycles. The maximum atomic E-state index is 5.72. The Morgan fingerprint density at radius 3 is 2.62 bits per heavy atom. The number of methoxy groups -OCH3 is 1. The van der Waals surface area contributed by atoms with Gasteiger partial charge in [0.1, 0.15) is 0 Å². The van der Waals surface area contributed by atoms with Gasteiger partial charge < -0.3 is 15.8 Å². The van der Waals surface area contributed by atoms with Gasteiger partial charge in [0.25, 0.3) is 0 Å². The summed E-state index contributed by atoms with van der Waals surface area (Å²) in [5.41, 5.74) is 8.77. The van der Waals surface area contributed by atoms with Crippen molar-refractivity contribution in [1.82, 2.24) is 10.2 Å². The minimum atomic E-state index is 0.133. The van der Waals surface area contributed by atoms with E-state index in [1.54, 1.807) is 7.11 Å². The first-order chi connectivity index (χ1) is 7.60. The molecule has 1 aromatic rings. The Morgan fingerprint density at radius 1 is 1.38 bits per heavy atom. The van der Waals surface area contributed by atoms with Gasteiger partial charge in [0.05, 0.1) is 11.8 Å². The lowest BCUT2D eigenvalue weighted by Crippen LogP contribution is -2.21.